The standard InChI is InChI=1S/C12H19N3O2S/c13-8-9-15(10-11-4-2-1-3-5-11)18(16,17)14-12-6-7-12/h1-5,12,14H,6-10,13H2. The fraction of sp³-hybridized carbons (Fsp3) is 0.500. The summed E-state index contributed by atoms with van der Waals surface area (Å²) in [5.41, 5.74) is 6.46. The number of rotatable bonds is 7. The van der Waals surface area contributed by atoms with Crippen molar-refractivity contribution < 1.29 is 8.42 Å². The Morgan fingerprint density at radius 2 is 1.94 bits per heavy atom. The molecule has 100 valence electrons. The van der Waals surface area contributed by atoms with Crippen molar-refractivity contribution >= 4 is 10.2 Å². The van der Waals surface area contributed by atoms with E-state index in [1.807, 2.05) is 30.3 Å². The number of nitrogens with one attached hydrogen (secondary N) is 1. The van der Waals surface area contributed by atoms with Crippen LogP contribution in [0.25, 0.3) is 0 Å². The maximum absolute atomic E-state index is 12.1. The van der Waals surface area contributed by atoms with Crippen LogP contribution in [-0.2, 0) is 16.8 Å². The van der Waals surface area contributed by atoms with Crippen molar-refractivity contribution in [1.29, 1.82) is 0 Å². The molecule has 0 amide bonds. The molecular weight excluding hydrogens is 250 g/mol. The van der Waals surface area contributed by atoms with Crippen molar-refractivity contribution in [3.63, 3.8) is 0 Å². The summed E-state index contributed by atoms with van der Waals surface area (Å²) in [6.07, 6.45) is 1.86. The Labute approximate surface area is 108 Å². The summed E-state index contributed by atoms with van der Waals surface area (Å²) in [6, 6.07) is 9.65. The van der Waals surface area contributed by atoms with Crippen LogP contribution in [0.15, 0.2) is 30.3 Å². The van der Waals surface area contributed by atoms with Crippen LogP contribution in [0.1, 0.15) is 18.4 Å². The molecule has 0 spiro atoms. The lowest BCUT2D eigenvalue weighted by Gasteiger charge is -2.21. The van der Waals surface area contributed by atoms with E-state index in [4.69, 9.17) is 5.73 Å². The van der Waals surface area contributed by atoms with E-state index in [1.165, 1.54) is 4.31 Å². The maximum Gasteiger partial charge on any atom is 0.280 e. The Hall–Kier alpha value is -0.950. The second kappa shape index (κ2) is 5.79. The van der Waals surface area contributed by atoms with Crippen molar-refractivity contribution in [2.24, 2.45) is 5.73 Å². The van der Waals surface area contributed by atoms with Crippen LogP contribution in [-0.4, -0.2) is 31.9 Å². The van der Waals surface area contributed by atoms with Gasteiger partial charge >= 0.3 is 0 Å². The largest absolute Gasteiger partial charge is 0.329 e. The molecule has 0 saturated heterocycles. The molecule has 1 fully saturated rings. The van der Waals surface area contributed by atoms with Gasteiger partial charge in [-0.25, -0.2) is 0 Å². The van der Waals surface area contributed by atoms with Gasteiger partial charge in [0.2, 0.25) is 0 Å². The van der Waals surface area contributed by atoms with Crippen molar-refractivity contribution in [2.75, 3.05) is 13.1 Å². The van der Waals surface area contributed by atoms with Crippen molar-refractivity contribution in [3.05, 3.63) is 35.9 Å². The van der Waals surface area contributed by atoms with Gasteiger partial charge in [0.25, 0.3) is 10.2 Å². The molecule has 0 atom stereocenters. The molecule has 5 nitrogen and oxygen atoms in total. The van der Waals surface area contributed by atoms with E-state index in [0.29, 0.717) is 19.6 Å². The van der Waals surface area contributed by atoms with Crippen LogP contribution in [0.5, 0.6) is 0 Å². The molecule has 2 rings (SSSR count). The van der Waals surface area contributed by atoms with E-state index >= 15 is 0 Å². The number of benzene rings is 1. The van der Waals surface area contributed by atoms with Crippen LogP contribution >= 0.6 is 0 Å². The van der Waals surface area contributed by atoms with Crippen LogP contribution in [0.4, 0.5) is 0 Å². The highest BCUT2D eigenvalue weighted by molar-refractivity contribution is 7.87. The Kier molecular flexibility index (Phi) is 4.34. The van der Waals surface area contributed by atoms with Crippen LogP contribution < -0.4 is 10.5 Å². The molecule has 1 aliphatic rings. The second-order valence-corrected chi connectivity index (χ2v) is 6.21. The van der Waals surface area contributed by atoms with Crippen LogP contribution in [0, 0.1) is 0 Å². The normalized spacial score (nSPS) is 16.1. The summed E-state index contributed by atoms with van der Waals surface area (Å²) in [5, 5.41) is 0. The summed E-state index contributed by atoms with van der Waals surface area (Å²) < 4.78 is 28.4. The van der Waals surface area contributed by atoms with Crippen LogP contribution in [0.3, 0.4) is 0 Å². The molecule has 6 heteroatoms. The quantitative estimate of drug-likeness (QED) is 0.754. The Morgan fingerprint density at radius 1 is 1.28 bits per heavy atom. The molecule has 1 aromatic rings. The van der Waals surface area contributed by atoms with Gasteiger partial charge in [-0.3, -0.25) is 0 Å². The second-order valence-electron chi connectivity index (χ2n) is 4.50. The number of nitrogens with two attached hydrogens (primary N) is 1. The molecule has 1 aliphatic carbocycles. The van der Waals surface area contributed by atoms with Crippen molar-refractivity contribution in [1.82, 2.24) is 9.03 Å². The van der Waals surface area contributed by atoms with Crippen LogP contribution in [0.2, 0.25) is 0 Å². The van der Waals surface area contributed by atoms with Gasteiger partial charge in [-0.05, 0) is 18.4 Å². The summed E-state index contributed by atoms with van der Waals surface area (Å²) in [6.45, 7) is 1.01. The van der Waals surface area contributed by atoms with E-state index in [9.17, 15) is 8.42 Å². The predicted molar refractivity (Wildman–Crippen MR) is 71.0 cm³/mol. The molecule has 0 bridgehead atoms. The zero-order chi connectivity index (χ0) is 13.0. The number of hydrogen-bond acceptors (Lipinski definition) is 3. The summed E-state index contributed by atoms with van der Waals surface area (Å²) in [7, 11) is -3.42. The minimum absolute atomic E-state index is 0.117. The van der Waals surface area contributed by atoms with Crippen molar-refractivity contribution in [3.8, 4) is 0 Å². The first-order valence-electron chi connectivity index (χ1n) is 6.13. The zero-order valence-corrected chi connectivity index (χ0v) is 11.1. The first-order valence-corrected chi connectivity index (χ1v) is 7.57. The third-order valence-corrected chi connectivity index (χ3v) is 4.44. The minimum atomic E-state index is -3.42. The molecular formula is C12H19N3O2S. The lowest BCUT2D eigenvalue weighted by atomic mass is 10.2. The summed E-state index contributed by atoms with van der Waals surface area (Å²) >= 11 is 0. The van der Waals surface area contributed by atoms with E-state index in [2.05, 4.69) is 4.72 Å². The topological polar surface area (TPSA) is 75.4 Å². The molecule has 0 radical (unpaired) electrons. The lowest BCUT2D eigenvalue weighted by molar-refractivity contribution is 0.405. The van der Waals surface area contributed by atoms with Gasteiger partial charge in [0.1, 0.15) is 0 Å². The smallest absolute Gasteiger partial charge is 0.280 e. The Bertz CT molecular complexity index is 471. The molecule has 0 aliphatic heterocycles. The molecule has 1 aromatic carbocycles. The number of nitrogens with zero attached hydrogens (tertiary/aromatic N) is 1. The van der Waals surface area contributed by atoms with Gasteiger partial charge in [-0.2, -0.15) is 17.4 Å². The van der Waals surface area contributed by atoms with Gasteiger partial charge in [-0.1, -0.05) is 30.3 Å². The van der Waals surface area contributed by atoms with Gasteiger partial charge in [0.15, 0.2) is 0 Å². The van der Waals surface area contributed by atoms with Gasteiger partial charge in [-0.15, -0.1) is 0 Å². The molecule has 1 saturated carbocycles. The van der Waals surface area contributed by atoms with Crippen molar-refractivity contribution in [2.45, 2.75) is 25.4 Å². The zero-order valence-electron chi connectivity index (χ0n) is 10.2. The van der Waals surface area contributed by atoms with E-state index in [0.717, 1.165) is 18.4 Å². The molecule has 0 unspecified atom stereocenters. The fourth-order valence-electron chi connectivity index (χ4n) is 1.70. The van der Waals surface area contributed by atoms with E-state index in [-0.39, 0.29) is 6.04 Å². The highest BCUT2D eigenvalue weighted by atomic mass is 32.2. The maximum atomic E-state index is 12.1. The highest BCUT2D eigenvalue weighted by Gasteiger charge is 2.30. The van der Waals surface area contributed by atoms with E-state index in [1.54, 1.807) is 0 Å². The minimum Gasteiger partial charge on any atom is -0.329 e. The first-order chi connectivity index (χ1) is 8.62. The predicted octanol–water partition coefficient (Wildman–Crippen LogP) is 0.444. The van der Waals surface area contributed by atoms with Gasteiger partial charge in [0.05, 0.1) is 0 Å². The molecule has 3 N–H and O–H groups in total. The molecule has 0 aromatic heterocycles. The monoisotopic (exact) mass is 269 g/mol. The molecule has 0 heterocycles. The fourth-order valence-corrected chi connectivity index (χ4v) is 3.17. The summed E-state index contributed by atoms with van der Waals surface area (Å²) in [5.74, 6) is 0. The summed E-state index contributed by atoms with van der Waals surface area (Å²) in [4.78, 5) is 0. The van der Waals surface area contributed by atoms with Gasteiger partial charge in [0, 0.05) is 25.7 Å². The third-order valence-electron chi connectivity index (χ3n) is 2.81. The average molecular weight is 269 g/mol. The Balaban J connectivity index is 2.07. The SMILES string of the molecule is NCCN(Cc1ccccc1)S(=O)(=O)NC1CC1. The molecule has 18 heavy (non-hydrogen) atoms. The Morgan fingerprint density at radius 3 is 2.50 bits per heavy atom. The van der Waals surface area contributed by atoms with Gasteiger partial charge < -0.3 is 5.73 Å². The average Bonchev–Trinajstić information content (AvgIpc) is 3.13. The number of hydrogen-bond donors (Lipinski definition) is 2. The highest BCUT2D eigenvalue weighted by Crippen LogP contribution is 2.21. The third kappa shape index (κ3) is 3.78. The van der Waals surface area contributed by atoms with E-state index < -0.39 is 10.2 Å². The lowest BCUT2D eigenvalue weighted by Crippen LogP contribution is -2.43. The first kappa shape index (κ1) is 13.5.